The Hall–Kier alpha value is -1.25. The van der Waals surface area contributed by atoms with E-state index in [1.54, 1.807) is 23.3 Å². The third-order valence-electron chi connectivity index (χ3n) is 0.783. The van der Waals surface area contributed by atoms with E-state index in [0.29, 0.717) is 0 Å². The molecular formula is C5H7N3. The van der Waals surface area contributed by atoms with E-state index in [0.717, 1.165) is 0 Å². The first kappa shape index (κ1) is 4.90. The zero-order valence-electron chi connectivity index (χ0n) is 4.36. The Kier molecular flexibility index (Phi) is 1.32. The molecule has 0 bridgehead atoms. The van der Waals surface area contributed by atoms with E-state index < -0.39 is 0 Å². The summed E-state index contributed by atoms with van der Waals surface area (Å²) >= 11 is 0. The molecule has 0 saturated heterocycles. The first-order valence-corrected chi connectivity index (χ1v) is 2.29. The quantitative estimate of drug-likeness (QED) is 0.562. The molecule has 2 N–H and O–H groups in total. The van der Waals surface area contributed by atoms with Gasteiger partial charge in [0, 0.05) is 24.8 Å². The van der Waals surface area contributed by atoms with Crippen molar-refractivity contribution in [2.75, 3.05) is 0 Å². The Balaban J connectivity index is 2.77. The highest BCUT2D eigenvalue weighted by Gasteiger charge is 1.75. The maximum absolute atomic E-state index is 5.09. The van der Waals surface area contributed by atoms with Crippen molar-refractivity contribution < 1.29 is 0 Å². The summed E-state index contributed by atoms with van der Waals surface area (Å²) in [6.45, 7) is 0. The summed E-state index contributed by atoms with van der Waals surface area (Å²) in [5.41, 5.74) is 5.09. The minimum absolute atomic E-state index is 1.46. The standard InChI is InChI=1S/C5H7N3/c6-1-3-8-4-2-7-5-8/h1-5H,6H2. The third kappa shape index (κ3) is 0.872. The van der Waals surface area contributed by atoms with Gasteiger partial charge in [0.1, 0.15) is 0 Å². The molecule has 1 aromatic heterocycles. The lowest BCUT2D eigenvalue weighted by atomic mass is 10.8. The molecule has 8 heavy (non-hydrogen) atoms. The molecule has 1 heterocycles. The maximum Gasteiger partial charge on any atom is 0.0987 e. The largest absolute Gasteiger partial charge is 0.403 e. The Bertz CT molecular complexity index is 164. The molecule has 1 aromatic rings. The number of aromatic nitrogens is 2. The molecule has 0 aliphatic heterocycles. The third-order valence-corrected chi connectivity index (χ3v) is 0.783. The van der Waals surface area contributed by atoms with Crippen molar-refractivity contribution >= 4 is 6.20 Å². The predicted molar refractivity (Wildman–Crippen MR) is 31.7 cm³/mol. The smallest absolute Gasteiger partial charge is 0.0987 e. The first-order chi connectivity index (χ1) is 3.93. The van der Waals surface area contributed by atoms with Gasteiger partial charge in [-0.15, -0.1) is 0 Å². The summed E-state index contributed by atoms with van der Waals surface area (Å²) in [6.07, 6.45) is 8.35. The average Bonchev–Trinajstić information content (AvgIpc) is 2.19. The van der Waals surface area contributed by atoms with E-state index in [9.17, 15) is 0 Å². The Labute approximate surface area is 47.5 Å². The number of hydrogen-bond acceptors (Lipinski definition) is 2. The van der Waals surface area contributed by atoms with Crippen molar-refractivity contribution in [2.45, 2.75) is 0 Å². The molecule has 3 heteroatoms. The molecule has 42 valence electrons. The fourth-order valence-corrected chi connectivity index (χ4v) is 0.457. The Morgan fingerprint density at radius 2 is 2.50 bits per heavy atom. The fraction of sp³-hybridized carbons (Fsp3) is 0. The van der Waals surface area contributed by atoms with Gasteiger partial charge in [-0.25, -0.2) is 4.98 Å². The topological polar surface area (TPSA) is 43.8 Å². The van der Waals surface area contributed by atoms with Crippen LogP contribution in [0, 0.1) is 0 Å². The van der Waals surface area contributed by atoms with Crippen LogP contribution in [0.5, 0.6) is 0 Å². The van der Waals surface area contributed by atoms with Crippen LogP contribution in [0.2, 0.25) is 0 Å². The number of nitrogens with two attached hydrogens (primary N) is 1. The molecule has 0 aliphatic rings. The van der Waals surface area contributed by atoms with E-state index >= 15 is 0 Å². The van der Waals surface area contributed by atoms with Gasteiger partial charge in [0.2, 0.25) is 0 Å². The van der Waals surface area contributed by atoms with E-state index in [-0.39, 0.29) is 0 Å². The van der Waals surface area contributed by atoms with Crippen molar-refractivity contribution in [2.24, 2.45) is 5.73 Å². The van der Waals surface area contributed by atoms with Crippen LogP contribution in [0.4, 0.5) is 0 Å². The van der Waals surface area contributed by atoms with Crippen molar-refractivity contribution in [3.05, 3.63) is 24.9 Å². The molecule has 0 fully saturated rings. The van der Waals surface area contributed by atoms with Gasteiger partial charge in [-0.05, 0) is 0 Å². The predicted octanol–water partition coefficient (Wildman–Crippen LogP) is 0.270. The number of hydrogen-bond donors (Lipinski definition) is 1. The van der Waals surface area contributed by atoms with Crippen LogP contribution in [0.1, 0.15) is 0 Å². The van der Waals surface area contributed by atoms with Crippen LogP contribution in [0.25, 0.3) is 6.20 Å². The second-order valence-electron chi connectivity index (χ2n) is 1.35. The van der Waals surface area contributed by atoms with Gasteiger partial charge < -0.3 is 10.3 Å². The molecule has 0 amide bonds. The van der Waals surface area contributed by atoms with Gasteiger partial charge in [-0.3, -0.25) is 0 Å². The van der Waals surface area contributed by atoms with Crippen molar-refractivity contribution in [1.82, 2.24) is 9.55 Å². The monoisotopic (exact) mass is 109 g/mol. The number of rotatable bonds is 1. The summed E-state index contributed by atoms with van der Waals surface area (Å²) in [7, 11) is 0. The van der Waals surface area contributed by atoms with Crippen LogP contribution in [0.3, 0.4) is 0 Å². The molecule has 1 rings (SSSR count). The molecule has 0 atom stereocenters. The second kappa shape index (κ2) is 2.16. The molecule has 0 saturated carbocycles. The second-order valence-corrected chi connectivity index (χ2v) is 1.35. The first-order valence-electron chi connectivity index (χ1n) is 2.29. The Morgan fingerprint density at radius 3 is 3.00 bits per heavy atom. The highest BCUT2D eigenvalue weighted by atomic mass is 15.0. The zero-order chi connectivity index (χ0) is 5.82. The summed E-state index contributed by atoms with van der Waals surface area (Å²) in [5.74, 6) is 0. The molecule has 0 aromatic carbocycles. The van der Waals surface area contributed by atoms with Crippen LogP contribution in [-0.4, -0.2) is 9.55 Å². The van der Waals surface area contributed by atoms with Gasteiger partial charge in [-0.2, -0.15) is 0 Å². The van der Waals surface area contributed by atoms with Crippen molar-refractivity contribution in [3.63, 3.8) is 0 Å². The summed E-state index contributed by atoms with van der Waals surface area (Å²) in [6, 6.07) is 0. The lowest BCUT2D eigenvalue weighted by Crippen LogP contribution is -1.82. The highest BCUT2D eigenvalue weighted by Crippen LogP contribution is 1.82. The van der Waals surface area contributed by atoms with Crippen LogP contribution in [0.15, 0.2) is 24.9 Å². The van der Waals surface area contributed by atoms with E-state index in [1.165, 1.54) is 6.20 Å². The average molecular weight is 109 g/mol. The summed E-state index contributed by atoms with van der Waals surface area (Å²) < 4.78 is 1.76. The van der Waals surface area contributed by atoms with Crippen LogP contribution < -0.4 is 5.73 Å². The minimum Gasteiger partial charge on any atom is -0.403 e. The molecule has 0 unspecified atom stereocenters. The normalized spacial score (nSPS) is 10.5. The summed E-state index contributed by atoms with van der Waals surface area (Å²) in [5, 5.41) is 0. The minimum atomic E-state index is 1.46. The summed E-state index contributed by atoms with van der Waals surface area (Å²) in [4.78, 5) is 3.80. The van der Waals surface area contributed by atoms with Gasteiger partial charge in [0.15, 0.2) is 0 Å². The number of nitrogens with zero attached hydrogens (tertiary/aromatic N) is 2. The van der Waals surface area contributed by atoms with Crippen LogP contribution >= 0.6 is 0 Å². The molecule has 0 radical (unpaired) electrons. The van der Waals surface area contributed by atoms with Crippen molar-refractivity contribution in [1.29, 1.82) is 0 Å². The van der Waals surface area contributed by atoms with Crippen molar-refractivity contribution in [3.8, 4) is 0 Å². The fourth-order valence-electron chi connectivity index (χ4n) is 0.457. The number of imidazole rings is 1. The van der Waals surface area contributed by atoms with Gasteiger partial charge in [-0.1, -0.05) is 0 Å². The molecular weight excluding hydrogens is 102 g/mol. The maximum atomic E-state index is 5.09. The van der Waals surface area contributed by atoms with Gasteiger partial charge >= 0.3 is 0 Å². The van der Waals surface area contributed by atoms with E-state index in [2.05, 4.69) is 4.98 Å². The van der Waals surface area contributed by atoms with E-state index in [4.69, 9.17) is 5.73 Å². The lowest BCUT2D eigenvalue weighted by Gasteiger charge is -1.83. The molecule has 3 nitrogen and oxygen atoms in total. The Morgan fingerprint density at radius 1 is 1.62 bits per heavy atom. The van der Waals surface area contributed by atoms with E-state index in [1.807, 2.05) is 6.20 Å². The van der Waals surface area contributed by atoms with Gasteiger partial charge in [0.05, 0.1) is 6.33 Å². The molecule has 0 aliphatic carbocycles. The lowest BCUT2D eigenvalue weighted by molar-refractivity contribution is 1.13. The SMILES string of the molecule is NC=Cn1ccnc1. The zero-order valence-corrected chi connectivity index (χ0v) is 4.36. The van der Waals surface area contributed by atoms with Crippen LogP contribution in [-0.2, 0) is 0 Å². The van der Waals surface area contributed by atoms with Gasteiger partial charge in [0.25, 0.3) is 0 Å². The highest BCUT2D eigenvalue weighted by molar-refractivity contribution is 5.18. The molecule has 0 spiro atoms.